The third-order valence-corrected chi connectivity index (χ3v) is 21.8. The SMILES string of the molecule is CCC(C)Cn1nc(C(=O)N[C@@H](CCC2CCCCC2)CC(=O)NCC(=O)O)cc1-c1c(OC)cccc1OC.CCC(CC)Cn1nc(C(=O)N[C@@H](CCC2CCCCC2)CC(=O)NCC(=O)O)cc1-c1c(OC)cccc1OC.CCCNC(=O)[C@H](CCc1ccccc1)NC(=O)c1cc(-c2c(OC)cccc2OC)n(CC(C)C)n1. The first-order chi connectivity index (χ1) is 56.9. The van der Waals surface area contributed by atoms with E-state index in [9.17, 15) is 38.4 Å². The predicted octanol–water partition coefficient (Wildman–Crippen LogP) is 14.2. The minimum absolute atomic E-state index is 0.00645. The Labute approximate surface area is 695 Å². The van der Waals surface area contributed by atoms with Gasteiger partial charge in [0.1, 0.15) is 53.6 Å². The van der Waals surface area contributed by atoms with Gasteiger partial charge < -0.3 is 70.5 Å². The lowest BCUT2D eigenvalue weighted by Gasteiger charge is -2.24. The van der Waals surface area contributed by atoms with Crippen molar-refractivity contribution in [1.82, 2.24) is 61.2 Å². The molecule has 0 radical (unpaired) electrons. The molecule has 0 bridgehead atoms. The molecule has 3 heterocycles. The number of amides is 6. The van der Waals surface area contributed by atoms with Crippen LogP contribution in [0.2, 0.25) is 0 Å². The van der Waals surface area contributed by atoms with Crippen molar-refractivity contribution >= 4 is 47.4 Å². The number of rotatable bonds is 44. The van der Waals surface area contributed by atoms with E-state index >= 15 is 0 Å². The average molecular weight is 1630 g/mol. The van der Waals surface area contributed by atoms with Crippen LogP contribution in [0.25, 0.3) is 33.8 Å². The first kappa shape index (κ1) is 94.2. The summed E-state index contributed by atoms with van der Waals surface area (Å²) in [5, 5.41) is 48.7. The fraction of sp³-hybridized carbons (Fsp3) is 0.544. The van der Waals surface area contributed by atoms with E-state index in [0.717, 1.165) is 80.9 Å². The zero-order chi connectivity index (χ0) is 85.6. The summed E-state index contributed by atoms with van der Waals surface area (Å²) in [6, 6.07) is 30.2. The Hall–Kier alpha value is -10.9. The fourth-order valence-corrected chi connectivity index (χ4v) is 15.0. The lowest BCUT2D eigenvalue weighted by molar-refractivity contribution is -0.138. The van der Waals surface area contributed by atoms with Crippen molar-refractivity contribution in [3.05, 3.63) is 126 Å². The Balaban J connectivity index is 0.000000245. The zero-order valence-electron chi connectivity index (χ0n) is 71.5. The summed E-state index contributed by atoms with van der Waals surface area (Å²) in [6.45, 7) is 16.1. The third-order valence-electron chi connectivity index (χ3n) is 21.8. The average Bonchev–Trinajstić information content (AvgIpc) is 1.63. The van der Waals surface area contributed by atoms with Gasteiger partial charge in [0.15, 0.2) is 17.1 Å². The van der Waals surface area contributed by atoms with E-state index in [0.29, 0.717) is 133 Å². The van der Waals surface area contributed by atoms with Gasteiger partial charge in [-0.3, -0.25) is 52.4 Å². The highest BCUT2D eigenvalue weighted by molar-refractivity contribution is 5.98. The molecule has 4 aromatic carbocycles. The van der Waals surface area contributed by atoms with Crippen LogP contribution in [0.15, 0.2) is 103 Å². The number of hydrogen-bond acceptors (Lipinski definition) is 17. The van der Waals surface area contributed by atoms with Crippen LogP contribution < -0.4 is 60.3 Å². The lowest BCUT2D eigenvalue weighted by atomic mass is 9.85. The second kappa shape index (κ2) is 49.3. The van der Waals surface area contributed by atoms with Gasteiger partial charge in [-0.25, -0.2) is 0 Å². The number of nitrogens with zero attached hydrogens (tertiary/aromatic N) is 6. The van der Waals surface area contributed by atoms with Crippen LogP contribution in [0.3, 0.4) is 0 Å². The molecule has 28 nitrogen and oxygen atoms in total. The van der Waals surface area contributed by atoms with Gasteiger partial charge in [0.05, 0.1) is 76.4 Å². The summed E-state index contributed by atoms with van der Waals surface area (Å²) < 4.78 is 39.2. The Morgan fingerprint density at radius 3 is 1.17 bits per heavy atom. The van der Waals surface area contributed by atoms with Crippen LogP contribution in [0.5, 0.6) is 34.5 Å². The highest BCUT2D eigenvalue weighted by atomic mass is 16.5. The summed E-state index contributed by atoms with van der Waals surface area (Å²) in [5.74, 6) is 1.44. The first-order valence-corrected chi connectivity index (χ1v) is 42.0. The number of nitrogens with one attached hydrogen (secondary N) is 6. The van der Waals surface area contributed by atoms with Crippen molar-refractivity contribution in [1.29, 1.82) is 0 Å². The molecule has 28 heteroatoms. The normalized spacial score (nSPS) is 13.9. The van der Waals surface area contributed by atoms with Crippen molar-refractivity contribution in [3.8, 4) is 68.3 Å². The molecule has 2 saturated carbocycles. The maximum Gasteiger partial charge on any atom is 0.322 e. The minimum atomic E-state index is -1.11. The number of carbonyl (C=O) groups is 8. The smallest absolute Gasteiger partial charge is 0.322 e. The Kier molecular flexibility index (Phi) is 39.4. The molecular formula is C90H128N12O16. The second-order valence-electron chi connectivity index (χ2n) is 31.1. The monoisotopic (exact) mass is 1630 g/mol. The maximum absolute atomic E-state index is 13.6. The standard InChI is InChI=1S/C31H46N4O6.C30H44N4O6.C29H38N4O4/c1-5-21(6-2)20-35-25(30-26(40-3)13-10-14-27(30)41-4)18-24(34-35)31(39)33-23(17-28(36)32-19-29(37)38)16-15-22-11-8-7-9-12-22;1-5-20(2)19-34-24(29-25(39-3)12-9-13-26(29)40-4)17-23(33-34)30(38)32-22(16-27(35)31-18-28(36)37)15-14-21-10-7-6-8-11-21;1-6-17-30-28(34)22(16-15-21-11-8-7-9-12-21)31-29(35)23-18-24(33(32-23)19-20(2)3)27-25(36-4)13-10-14-26(27)37-5/h10,13-14,18,21-23H,5-9,11-12,15-17,19-20H2,1-4H3,(H,32,36)(H,33,39)(H,37,38);9,12-13,17,20-22H,5-8,10-11,14-16,18-19H2,1-4H3,(H,31,35)(H,32,38)(H,36,37);7-14,18,20,22H,6,15-17,19H2,1-5H3,(H,30,34)(H,31,35)/t23-;20?,22-;22-/m000/s1. The van der Waals surface area contributed by atoms with Gasteiger partial charge in [-0.05, 0) is 135 Å². The van der Waals surface area contributed by atoms with Gasteiger partial charge in [-0.1, -0.05) is 180 Å². The molecule has 7 aromatic rings. The predicted molar refractivity (Wildman–Crippen MR) is 455 cm³/mol. The largest absolute Gasteiger partial charge is 0.496 e. The summed E-state index contributed by atoms with van der Waals surface area (Å²) in [7, 11) is 9.57. The molecule has 0 spiro atoms. The molecule has 118 heavy (non-hydrogen) atoms. The number of aromatic nitrogens is 6. The summed E-state index contributed by atoms with van der Waals surface area (Å²) >= 11 is 0. The van der Waals surface area contributed by atoms with Gasteiger partial charge >= 0.3 is 11.9 Å². The maximum atomic E-state index is 13.6. The number of carboxylic acid groups (broad SMARTS) is 2. The number of aryl methyl sites for hydroxylation is 1. The molecule has 9 rings (SSSR count). The van der Waals surface area contributed by atoms with Crippen LogP contribution in [0.1, 0.15) is 220 Å². The van der Waals surface area contributed by atoms with E-state index in [2.05, 4.69) is 83.6 Å². The number of methoxy groups -OCH3 is 6. The molecule has 0 saturated heterocycles. The molecule has 8 N–H and O–H groups in total. The summed E-state index contributed by atoms with van der Waals surface area (Å²) in [5.41, 5.74) is 6.11. The number of ether oxygens (including phenoxy) is 6. The number of carbonyl (C=O) groups excluding carboxylic acids is 6. The lowest BCUT2D eigenvalue weighted by Crippen LogP contribution is -2.47. The quantitative estimate of drug-likeness (QED) is 0.0176. The van der Waals surface area contributed by atoms with Crippen molar-refractivity contribution in [2.24, 2.45) is 29.6 Å². The number of carboxylic acids is 2. The van der Waals surface area contributed by atoms with Crippen LogP contribution in [-0.4, -0.2) is 167 Å². The van der Waals surface area contributed by atoms with E-state index in [1.54, 1.807) is 65.5 Å². The molecule has 6 amide bonds. The number of hydrogen-bond donors (Lipinski definition) is 8. The molecule has 2 aliphatic carbocycles. The van der Waals surface area contributed by atoms with Crippen LogP contribution in [0, 0.1) is 29.6 Å². The van der Waals surface area contributed by atoms with Gasteiger partial charge in [0, 0.05) is 51.1 Å². The van der Waals surface area contributed by atoms with E-state index in [1.165, 1.54) is 38.5 Å². The highest BCUT2D eigenvalue weighted by Crippen LogP contribution is 2.43. The van der Waals surface area contributed by atoms with Crippen molar-refractivity contribution in [3.63, 3.8) is 0 Å². The van der Waals surface area contributed by atoms with Gasteiger partial charge in [-0.15, -0.1) is 0 Å². The molecule has 1 unspecified atom stereocenters. The molecule has 644 valence electrons. The van der Waals surface area contributed by atoms with Crippen LogP contribution in [0.4, 0.5) is 0 Å². The Morgan fingerprint density at radius 2 is 0.822 bits per heavy atom. The van der Waals surface area contributed by atoms with Gasteiger partial charge in [0.2, 0.25) is 17.7 Å². The molecule has 2 aliphatic rings. The first-order valence-electron chi connectivity index (χ1n) is 42.0. The topological polar surface area (TPSA) is 358 Å². The molecule has 3 aromatic heterocycles. The molecule has 2 fully saturated rings. The van der Waals surface area contributed by atoms with Gasteiger partial charge in [-0.2, -0.15) is 15.3 Å². The van der Waals surface area contributed by atoms with Crippen LogP contribution in [-0.2, 0) is 50.0 Å². The number of benzene rings is 4. The van der Waals surface area contributed by atoms with Crippen molar-refractivity contribution in [2.45, 2.75) is 227 Å². The van der Waals surface area contributed by atoms with Crippen molar-refractivity contribution < 1.29 is 77.0 Å². The Morgan fingerprint density at radius 1 is 0.449 bits per heavy atom. The van der Waals surface area contributed by atoms with Crippen LogP contribution >= 0.6 is 0 Å². The van der Waals surface area contributed by atoms with E-state index in [4.69, 9.17) is 43.7 Å². The van der Waals surface area contributed by atoms with E-state index < -0.39 is 60.9 Å². The third kappa shape index (κ3) is 29.0. The van der Waals surface area contributed by atoms with E-state index in [-0.39, 0.29) is 53.6 Å². The van der Waals surface area contributed by atoms with Gasteiger partial charge in [0.25, 0.3) is 17.7 Å². The van der Waals surface area contributed by atoms with E-state index in [1.807, 2.05) is 101 Å². The minimum Gasteiger partial charge on any atom is -0.496 e. The zero-order valence-corrected chi connectivity index (χ0v) is 71.5. The Bertz CT molecular complexity index is 4260. The summed E-state index contributed by atoms with van der Waals surface area (Å²) in [4.78, 5) is 100. The number of aliphatic carboxylic acids is 2. The fourth-order valence-electron chi connectivity index (χ4n) is 15.0. The van der Waals surface area contributed by atoms with Crippen molar-refractivity contribution in [2.75, 3.05) is 62.3 Å². The second-order valence-corrected chi connectivity index (χ2v) is 31.1. The summed E-state index contributed by atoms with van der Waals surface area (Å²) in [6.07, 6.45) is 19.9. The molecular weight excluding hydrogens is 1510 g/mol. The highest BCUT2D eigenvalue weighted by Gasteiger charge is 2.31. The molecule has 4 atom stereocenters. The molecule has 0 aliphatic heterocycles.